The van der Waals surface area contributed by atoms with Gasteiger partial charge >= 0.3 is 0 Å². The van der Waals surface area contributed by atoms with E-state index in [0.717, 1.165) is 40.4 Å². The van der Waals surface area contributed by atoms with Crippen molar-refractivity contribution in [2.75, 3.05) is 13.1 Å². The number of H-pyrrole nitrogens is 1. The normalized spacial score (nSPS) is 18.7. The molecule has 7 N–H and O–H groups in total. The minimum atomic E-state index is 0. The van der Waals surface area contributed by atoms with Gasteiger partial charge in [-0.2, -0.15) is 0 Å². The summed E-state index contributed by atoms with van der Waals surface area (Å²) in [6.07, 6.45) is 13.3. The number of aromatic nitrogens is 3. The molecule has 2 aliphatic heterocycles. The third-order valence-electron chi connectivity index (χ3n) is 7.54. The van der Waals surface area contributed by atoms with Crippen LogP contribution in [0.15, 0.2) is 84.0 Å². The first-order valence-corrected chi connectivity index (χ1v) is 14.1. The summed E-state index contributed by atoms with van der Waals surface area (Å²) in [6, 6.07) is 24.2. The highest BCUT2D eigenvalue weighted by Crippen LogP contribution is 2.34. The van der Waals surface area contributed by atoms with Crippen molar-refractivity contribution in [2.45, 2.75) is 74.8 Å². The summed E-state index contributed by atoms with van der Waals surface area (Å²) >= 11 is 4.08. The van der Waals surface area contributed by atoms with Gasteiger partial charge in [0.05, 0.1) is 17.2 Å². The number of hydrogen-bond acceptors (Lipinski definition) is 5. The van der Waals surface area contributed by atoms with Gasteiger partial charge in [-0.05, 0) is 81.8 Å². The summed E-state index contributed by atoms with van der Waals surface area (Å²) in [4.78, 5) is 15.1. The molecular formula is C31H45N5O2S. The van der Waals surface area contributed by atoms with Crippen molar-refractivity contribution in [2.24, 2.45) is 5.73 Å². The highest BCUT2D eigenvalue weighted by Gasteiger charge is 2.33. The number of piperidine rings is 2. The van der Waals surface area contributed by atoms with Gasteiger partial charge in [0.15, 0.2) is 0 Å². The molecule has 0 amide bonds. The predicted molar refractivity (Wildman–Crippen MR) is 164 cm³/mol. The monoisotopic (exact) mass is 551 g/mol. The fourth-order valence-corrected chi connectivity index (χ4v) is 5.83. The second-order valence-electron chi connectivity index (χ2n) is 10.1. The average Bonchev–Trinajstić information content (AvgIpc) is 3.31. The van der Waals surface area contributed by atoms with Crippen molar-refractivity contribution in [1.29, 1.82) is 0 Å². The Hall–Kier alpha value is -2.75. The summed E-state index contributed by atoms with van der Waals surface area (Å²) in [5.41, 5.74) is 9.41. The van der Waals surface area contributed by atoms with E-state index in [2.05, 4.69) is 62.8 Å². The molecule has 2 fully saturated rings. The van der Waals surface area contributed by atoms with Crippen LogP contribution in [0.4, 0.5) is 0 Å². The number of pyridine rings is 1. The topological polar surface area (TPSA) is 134 Å². The second kappa shape index (κ2) is 17.0. The van der Waals surface area contributed by atoms with Crippen molar-refractivity contribution in [3.8, 4) is 0 Å². The molecular weight excluding hydrogens is 506 g/mol. The first-order valence-electron chi connectivity index (χ1n) is 13.6. The van der Waals surface area contributed by atoms with Crippen LogP contribution >= 0.6 is 12.6 Å². The Morgan fingerprint density at radius 2 is 1.51 bits per heavy atom. The van der Waals surface area contributed by atoms with Crippen LogP contribution in [0, 0.1) is 6.92 Å². The third-order valence-corrected chi connectivity index (χ3v) is 7.83. The van der Waals surface area contributed by atoms with E-state index in [-0.39, 0.29) is 11.0 Å². The first kappa shape index (κ1) is 32.5. The number of benzene rings is 2. The predicted octanol–water partition coefficient (Wildman–Crippen LogP) is 5.12. The van der Waals surface area contributed by atoms with Crippen LogP contribution in [0.5, 0.6) is 0 Å². The maximum Gasteiger partial charge on any atom is 0.104 e. The summed E-state index contributed by atoms with van der Waals surface area (Å²) in [7, 11) is 0. The molecule has 2 saturated heterocycles. The Morgan fingerprint density at radius 1 is 0.923 bits per heavy atom. The molecule has 39 heavy (non-hydrogen) atoms. The van der Waals surface area contributed by atoms with Crippen LogP contribution in [-0.2, 0) is 0 Å². The van der Waals surface area contributed by atoms with E-state index < -0.39 is 0 Å². The molecule has 2 aromatic heterocycles. The number of aromatic amines is 1. The smallest absolute Gasteiger partial charge is 0.104 e. The van der Waals surface area contributed by atoms with Crippen LogP contribution < -0.4 is 5.73 Å². The molecule has 2 aliphatic rings. The fourth-order valence-electron chi connectivity index (χ4n) is 5.66. The Bertz CT molecular complexity index is 1140. The molecule has 0 radical (unpaired) electrons. The lowest BCUT2D eigenvalue weighted by Gasteiger charge is -2.46. The van der Waals surface area contributed by atoms with Crippen LogP contribution in [0.1, 0.15) is 62.3 Å². The maximum absolute atomic E-state index is 6.02. The van der Waals surface area contributed by atoms with Crippen LogP contribution in [0.25, 0.3) is 11.0 Å². The van der Waals surface area contributed by atoms with Crippen molar-refractivity contribution in [3.05, 3.63) is 90.5 Å². The number of thiol groups is 1. The molecule has 7 nitrogen and oxygen atoms in total. The third kappa shape index (κ3) is 9.74. The molecule has 1 atom stereocenters. The number of nitrogens with zero attached hydrogens (tertiary/aromatic N) is 3. The average molecular weight is 552 g/mol. The molecule has 2 bridgehead atoms. The number of hydrogen-bond donors (Lipinski definition) is 3. The van der Waals surface area contributed by atoms with Crippen molar-refractivity contribution >= 4 is 23.7 Å². The highest BCUT2D eigenvalue weighted by molar-refractivity contribution is 7.80. The molecule has 0 spiro atoms. The number of aryl methyl sites for hydroxylation is 1. The van der Waals surface area contributed by atoms with Gasteiger partial charge < -0.3 is 21.7 Å². The molecule has 0 saturated carbocycles. The van der Waals surface area contributed by atoms with E-state index in [9.17, 15) is 0 Å². The molecule has 4 aromatic rings. The van der Waals surface area contributed by atoms with Gasteiger partial charge in [0.25, 0.3) is 0 Å². The van der Waals surface area contributed by atoms with Gasteiger partial charge in [-0.15, -0.1) is 12.6 Å². The molecule has 0 aliphatic carbocycles. The zero-order chi connectivity index (χ0) is 25.9. The molecule has 6 rings (SSSR count). The molecule has 212 valence electrons. The van der Waals surface area contributed by atoms with Crippen LogP contribution in [-0.4, -0.2) is 56.0 Å². The van der Waals surface area contributed by atoms with Gasteiger partial charge in [-0.25, -0.2) is 4.98 Å². The number of nitrogens with two attached hydrogens (primary N) is 1. The lowest BCUT2D eigenvalue weighted by Crippen LogP contribution is -2.50. The highest BCUT2D eigenvalue weighted by atomic mass is 32.1. The zero-order valence-electron chi connectivity index (χ0n) is 23.0. The molecule has 1 unspecified atom stereocenters. The SMILES string of the molecule is Cc1nc2ccncc2[nH]1.NCC(CCN1C2CCCC1CCC2)c1ccccc1.O.O.Sc1ccccc1. The van der Waals surface area contributed by atoms with Gasteiger partial charge in [0.2, 0.25) is 0 Å². The molecule has 2 aromatic carbocycles. The minimum absolute atomic E-state index is 0. The Balaban J connectivity index is 0.000000234. The Labute approximate surface area is 238 Å². The first-order chi connectivity index (χ1) is 18.1. The summed E-state index contributed by atoms with van der Waals surface area (Å²) < 4.78 is 0. The van der Waals surface area contributed by atoms with E-state index in [4.69, 9.17) is 5.73 Å². The number of imidazole rings is 1. The van der Waals surface area contributed by atoms with Gasteiger partial charge in [-0.1, -0.05) is 61.4 Å². The molecule has 4 heterocycles. The van der Waals surface area contributed by atoms with Gasteiger partial charge in [-0.3, -0.25) is 9.88 Å². The second-order valence-corrected chi connectivity index (χ2v) is 10.6. The molecule has 8 heteroatoms. The number of nitrogens with one attached hydrogen (secondary N) is 1. The van der Waals surface area contributed by atoms with E-state index in [1.165, 1.54) is 57.1 Å². The quantitative estimate of drug-likeness (QED) is 0.297. The van der Waals surface area contributed by atoms with Crippen LogP contribution in [0.2, 0.25) is 0 Å². The number of rotatable bonds is 5. The Kier molecular flexibility index (Phi) is 14.2. The number of fused-ring (bicyclic) bond motifs is 3. The van der Waals surface area contributed by atoms with E-state index in [0.29, 0.717) is 5.92 Å². The van der Waals surface area contributed by atoms with E-state index in [1.807, 2.05) is 43.3 Å². The lowest BCUT2D eigenvalue weighted by atomic mass is 9.84. The standard InChI is InChI=1S/C18H28N2.C7H7N3.C6H6S.2H2O/c19-14-16(15-6-2-1-3-7-15)12-13-20-17-8-4-9-18(20)11-5-10-17;1-5-9-6-2-3-8-4-7(6)10-5;7-6-4-2-1-3-5-6;;/h1-3,6-7,16-18H,4-5,8-14,19H2;2-4H,1H3,(H,9,10);1-5,7H;2*1H2. The van der Waals surface area contributed by atoms with Crippen molar-refractivity contribution in [3.63, 3.8) is 0 Å². The van der Waals surface area contributed by atoms with Gasteiger partial charge in [0.1, 0.15) is 5.82 Å². The fraction of sp³-hybridized carbons (Fsp3) is 0.419. The van der Waals surface area contributed by atoms with Crippen molar-refractivity contribution in [1.82, 2.24) is 19.9 Å². The minimum Gasteiger partial charge on any atom is -0.412 e. The summed E-state index contributed by atoms with van der Waals surface area (Å²) in [5.74, 6) is 1.46. The maximum atomic E-state index is 6.02. The van der Waals surface area contributed by atoms with Crippen LogP contribution in [0.3, 0.4) is 0 Å². The zero-order valence-corrected chi connectivity index (χ0v) is 23.9. The van der Waals surface area contributed by atoms with E-state index >= 15 is 0 Å². The largest absolute Gasteiger partial charge is 0.412 e. The summed E-state index contributed by atoms with van der Waals surface area (Å²) in [6.45, 7) is 3.94. The lowest BCUT2D eigenvalue weighted by molar-refractivity contribution is 0.0381. The summed E-state index contributed by atoms with van der Waals surface area (Å²) in [5, 5.41) is 0. The van der Waals surface area contributed by atoms with E-state index in [1.54, 1.807) is 12.4 Å². The Morgan fingerprint density at radius 3 is 2.03 bits per heavy atom. The van der Waals surface area contributed by atoms with Crippen molar-refractivity contribution < 1.29 is 11.0 Å². The van der Waals surface area contributed by atoms with Gasteiger partial charge in [0, 0.05) is 23.2 Å².